The number of amides is 1. The topological polar surface area (TPSA) is 51.2 Å². The molecule has 102 valence electrons. The van der Waals surface area contributed by atoms with Gasteiger partial charge in [0.15, 0.2) is 0 Å². The van der Waals surface area contributed by atoms with Crippen LogP contribution in [-0.2, 0) is 6.61 Å². The number of rotatable bonds is 5. The molecule has 2 rings (SSSR count). The van der Waals surface area contributed by atoms with Crippen molar-refractivity contribution in [3.63, 3.8) is 0 Å². The van der Waals surface area contributed by atoms with Gasteiger partial charge in [0, 0.05) is 10.9 Å². The number of aryl methyl sites for hydroxylation is 1. The lowest BCUT2D eigenvalue weighted by molar-refractivity contribution is 0.0958. The number of aromatic nitrogens is 1. The Morgan fingerprint density at radius 1 is 1.55 bits per heavy atom. The molecule has 0 atom stereocenters. The van der Waals surface area contributed by atoms with Gasteiger partial charge in [0.25, 0.3) is 5.91 Å². The van der Waals surface area contributed by atoms with E-state index in [4.69, 9.17) is 11.2 Å². The molecule has 1 amide bonds. The van der Waals surface area contributed by atoms with Crippen LogP contribution < -0.4 is 10.1 Å². The van der Waals surface area contributed by atoms with E-state index in [9.17, 15) is 4.79 Å². The molecule has 0 bridgehead atoms. The second-order valence-electron chi connectivity index (χ2n) is 4.06. The number of carbonyl (C=O) groups is 1. The molecule has 1 aromatic carbocycles. The molecule has 0 saturated heterocycles. The van der Waals surface area contributed by atoms with Crippen LogP contribution in [0.1, 0.15) is 21.1 Å². The van der Waals surface area contributed by atoms with Gasteiger partial charge in [0.1, 0.15) is 12.4 Å². The summed E-state index contributed by atoms with van der Waals surface area (Å²) in [5.41, 5.74) is 1.40. The molecule has 0 spiro atoms. The van der Waals surface area contributed by atoms with Gasteiger partial charge in [-0.05, 0) is 25.1 Å². The number of terminal acetylenes is 1. The number of nitrogens with zero attached hydrogens (tertiary/aromatic N) is 1. The van der Waals surface area contributed by atoms with Crippen molar-refractivity contribution in [2.75, 3.05) is 6.54 Å². The van der Waals surface area contributed by atoms with Gasteiger partial charge in [-0.2, -0.15) is 0 Å². The van der Waals surface area contributed by atoms with Crippen molar-refractivity contribution >= 4 is 17.2 Å². The zero-order chi connectivity index (χ0) is 14.4. The zero-order valence-corrected chi connectivity index (χ0v) is 11.9. The summed E-state index contributed by atoms with van der Waals surface area (Å²) in [6, 6.07) is 6.97. The van der Waals surface area contributed by atoms with E-state index in [1.165, 1.54) is 0 Å². The first kappa shape index (κ1) is 14.1. The number of ether oxygens (including phenoxy) is 1. The first-order valence-corrected chi connectivity index (χ1v) is 6.92. The van der Waals surface area contributed by atoms with Crippen molar-refractivity contribution in [3.05, 3.63) is 45.9 Å². The highest BCUT2D eigenvalue weighted by molar-refractivity contribution is 7.09. The van der Waals surface area contributed by atoms with Crippen molar-refractivity contribution in [1.82, 2.24) is 10.3 Å². The number of hydrogen-bond acceptors (Lipinski definition) is 4. The minimum atomic E-state index is -0.210. The SMILES string of the molecule is C#CCNC(=O)c1cccc(OCc2csc(C)n2)c1. The van der Waals surface area contributed by atoms with Crippen LogP contribution >= 0.6 is 11.3 Å². The molecule has 0 fully saturated rings. The van der Waals surface area contributed by atoms with E-state index >= 15 is 0 Å². The van der Waals surface area contributed by atoms with E-state index < -0.39 is 0 Å². The molecule has 1 N–H and O–H groups in total. The number of hydrogen-bond donors (Lipinski definition) is 1. The van der Waals surface area contributed by atoms with Gasteiger partial charge in [0.2, 0.25) is 0 Å². The molecular weight excluding hydrogens is 272 g/mol. The number of carbonyl (C=O) groups excluding carboxylic acids is 1. The summed E-state index contributed by atoms with van der Waals surface area (Å²) in [5, 5.41) is 5.57. The Morgan fingerprint density at radius 2 is 2.40 bits per heavy atom. The Hall–Kier alpha value is -2.32. The summed E-state index contributed by atoms with van der Waals surface area (Å²) in [6.45, 7) is 2.55. The quantitative estimate of drug-likeness (QED) is 0.859. The minimum absolute atomic E-state index is 0.210. The lowest BCUT2D eigenvalue weighted by Crippen LogP contribution is -2.23. The lowest BCUT2D eigenvalue weighted by Gasteiger charge is -2.06. The molecule has 4 nitrogen and oxygen atoms in total. The molecule has 0 aliphatic rings. The van der Waals surface area contributed by atoms with Crippen LogP contribution in [0.5, 0.6) is 5.75 Å². The van der Waals surface area contributed by atoms with Gasteiger partial charge in [-0.1, -0.05) is 12.0 Å². The van der Waals surface area contributed by atoms with E-state index in [0.717, 1.165) is 10.7 Å². The molecule has 1 heterocycles. The third-order valence-electron chi connectivity index (χ3n) is 2.50. The Balaban J connectivity index is 1.99. The van der Waals surface area contributed by atoms with Gasteiger partial charge in [-0.15, -0.1) is 17.8 Å². The molecule has 0 saturated carbocycles. The predicted octanol–water partition coefficient (Wildman–Crippen LogP) is 2.39. The maximum absolute atomic E-state index is 11.8. The summed E-state index contributed by atoms with van der Waals surface area (Å²) in [5.74, 6) is 2.78. The molecule has 0 aliphatic carbocycles. The maximum Gasteiger partial charge on any atom is 0.252 e. The van der Waals surface area contributed by atoms with Crippen LogP contribution in [0.25, 0.3) is 0 Å². The molecular formula is C15H14N2O2S. The van der Waals surface area contributed by atoms with Crippen LogP contribution in [0.3, 0.4) is 0 Å². The van der Waals surface area contributed by atoms with E-state index in [1.54, 1.807) is 35.6 Å². The highest BCUT2D eigenvalue weighted by Crippen LogP contribution is 2.16. The average molecular weight is 286 g/mol. The monoisotopic (exact) mass is 286 g/mol. The van der Waals surface area contributed by atoms with E-state index in [0.29, 0.717) is 17.9 Å². The van der Waals surface area contributed by atoms with Crippen LogP contribution in [0.2, 0.25) is 0 Å². The smallest absolute Gasteiger partial charge is 0.252 e. The average Bonchev–Trinajstić information content (AvgIpc) is 2.88. The number of nitrogens with one attached hydrogen (secondary N) is 1. The van der Waals surface area contributed by atoms with E-state index in [1.807, 2.05) is 12.3 Å². The molecule has 0 radical (unpaired) electrons. The van der Waals surface area contributed by atoms with Crippen molar-refractivity contribution < 1.29 is 9.53 Å². The first-order valence-electron chi connectivity index (χ1n) is 6.04. The second-order valence-corrected chi connectivity index (χ2v) is 5.12. The predicted molar refractivity (Wildman–Crippen MR) is 78.8 cm³/mol. The summed E-state index contributed by atoms with van der Waals surface area (Å²) in [4.78, 5) is 16.1. The van der Waals surface area contributed by atoms with Gasteiger partial charge in [-0.25, -0.2) is 4.98 Å². The molecule has 20 heavy (non-hydrogen) atoms. The molecule has 2 aromatic rings. The van der Waals surface area contributed by atoms with Crippen molar-refractivity contribution in [2.24, 2.45) is 0 Å². The van der Waals surface area contributed by atoms with Crippen LogP contribution in [0, 0.1) is 19.3 Å². The largest absolute Gasteiger partial charge is 0.487 e. The summed E-state index contributed by atoms with van der Waals surface area (Å²) >= 11 is 1.58. The van der Waals surface area contributed by atoms with E-state index in [-0.39, 0.29) is 12.5 Å². The fourth-order valence-electron chi connectivity index (χ4n) is 1.59. The lowest BCUT2D eigenvalue weighted by atomic mass is 10.2. The number of benzene rings is 1. The second kappa shape index (κ2) is 6.73. The summed E-state index contributed by atoms with van der Waals surface area (Å²) in [6.07, 6.45) is 5.10. The zero-order valence-electron chi connectivity index (χ0n) is 11.1. The van der Waals surface area contributed by atoms with E-state index in [2.05, 4.69) is 16.2 Å². The van der Waals surface area contributed by atoms with Crippen LogP contribution in [-0.4, -0.2) is 17.4 Å². The highest BCUT2D eigenvalue weighted by atomic mass is 32.1. The van der Waals surface area contributed by atoms with Gasteiger partial charge < -0.3 is 10.1 Å². The fourth-order valence-corrected chi connectivity index (χ4v) is 2.19. The Labute approximate surface area is 121 Å². The normalized spacial score (nSPS) is 9.80. The van der Waals surface area contributed by atoms with Crippen molar-refractivity contribution in [1.29, 1.82) is 0 Å². The third kappa shape index (κ3) is 3.84. The first-order chi connectivity index (χ1) is 9.69. The molecule has 0 aliphatic heterocycles. The number of thiazole rings is 1. The van der Waals surface area contributed by atoms with Crippen molar-refractivity contribution in [3.8, 4) is 18.1 Å². The molecule has 1 aromatic heterocycles. The standard InChI is InChI=1S/C15H14N2O2S/c1-3-7-16-15(18)12-5-4-6-14(8-12)19-9-13-10-20-11(2)17-13/h1,4-6,8,10H,7,9H2,2H3,(H,16,18). The van der Waals surface area contributed by atoms with Crippen molar-refractivity contribution in [2.45, 2.75) is 13.5 Å². The van der Waals surface area contributed by atoms with Gasteiger partial charge in [0.05, 0.1) is 17.2 Å². The molecule has 0 unspecified atom stereocenters. The Morgan fingerprint density at radius 3 is 3.10 bits per heavy atom. The molecule has 5 heteroatoms. The maximum atomic E-state index is 11.8. The Bertz CT molecular complexity index is 643. The summed E-state index contributed by atoms with van der Waals surface area (Å²) in [7, 11) is 0. The Kier molecular flexibility index (Phi) is 4.75. The van der Waals surface area contributed by atoms with Crippen LogP contribution in [0.4, 0.5) is 0 Å². The van der Waals surface area contributed by atoms with Gasteiger partial charge >= 0.3 is 0 Å². The fraction of sp³-hybridized carbons (Fsp3) is 0.200. The van der Waals surface area contributed by atoms with Gasteiger partial charge in [-0.3, -0.25) is 4.79 Å². The van der Waals surface area contributed by atoms with Crippen LogP contribution in [0.15, 0.2) is 29.6 Å². The summed E-state index contributed by atoms with van der Waals surface area (Å²) < 4.78 is 5.62. The minimum Gasteiger partial charge on any atom is -0.487 e. The third-order valence-corrected chi connectivity index (χ3v) is 3.32. The highest BCUT2D eigenvalue weighted by Gasteiger charge is 2.06.